The smallest absolute Gasteiger partial charge is 0.239 e. The molecule has 5 rings (SSSR count). The number of carbonyl (C=O) groups is 2. The minimum atomic E-state index is -0.186. The Morgan fingerprint density at radius 2 is 1.97 bits per heavy atom. The molecule has 11 heteroatoms. The molecule has 168 valence electrons. The van der Waals surface area contributed by atoms with Crippen molar-refractivity contribution in [2.45, 2.75) is 67.4 Å². The average molecular weight is 458 g/mol. The topological polar surface area (TPSA) is 95.2 Å². The second kappa shape index (κ2) is 9.51. The summed E-state index contributed by atoms with van der Waals surface area (Å²) in [6.07, 6.45) is 5.26. The summed E-state index contributed by atoms with van der Waals surface area (Å²) >= 11 is 3.34. The standard InChI is InChI=1S/C19H31N5O4S2/c25-15(20-9-12-3-1-6-27-12)11-30-19-22-21-18-23(10-13-4-2-7-28-13)17(26)16-14(24(18)19)5-8-29-16/h12-14,16,18-19,21-22H,1-11H2,(H,20,25). The van der Waals surface area contributed by atoms with Gasteiger partial charge in [0.05, 0.1) is 23.2 Å². The largest absolute Gasteiger partial charge is 0.376 e. The van der Waals surface area contributed by atoms with E-state index in [4.69, 9.17) is 9.47 Å². The van der Waals surface area contributed by atoms with Crippen LogP contribution in [0.1, 0.15) is 32.1 Å². The van der Waals surface area contributed by atoms with Gasteiger partial charge in [0.2, 0.25) is 11.8 Å². The van der Waals surface area contributed by atoms with E-state index in [0.29, 0.717) is 18.8 Å². The van der Waals surface area contributed by atoms with Crippen molar-refractivity contribution >= 4 is 35.3 Å². The Morgan fingerprint density at radius 1 is 1.17 bits per heavy atom. The lowest BCUT2D eigenvalue weighted by molar-refractivity contribution is -0.149. The quantitative estimate of drug-likeness (QED) is 0.484. The fourth-order valence-corrected chi connectivity index (χ4v) is 7.40. The predicted molar refractivity (Wildman–Crippen MR) is 115 cm³/mol. The lowest BCUT2D eigenvalue weighted by Crippen LogP contribution is -2.67. The summed E-state index contributed by atoms with van der Waals surface area (Å²) in [5, 5.41) is 2.97. The highest BCUT2D eigenvalue weighted by molar-refractivity contribution is 8.01. The van der Waals surface area contributed by atoms with Crippen molar-refractivity contribution < 1.29 is 19.1 Å². The number of carbonyl (C=O) groups excluding carboxylic acids is 2. The van der Waals surface area contributed by atoms with E-state index in [0.717, 1.165) is 51.1 Å². The molecule has 0 saturated carbocycles. The molecule has 5 fully saturated rings. The average Bonchev–Trinajstić information content (AvgIpc) is 3.54. The summed E-state index contributed by atoms with van der Waals surface area (Å²) in [7, 11) is 0. The number of nitrogens with one attached hydrogen (secondary N) is 3. The molecule has 5 heterocycles. The zero-order chi connectivity index (χ0) is 20.5. The third-order valence-electron chi connectivity index (χ3n) is 6.50. The maximum atomic E-state index is 13.2. The molecule has 2 amide bonds. The maximum Gasteiger partial charge on any atom is 0.239 e. The van der Waals surface area contributed by atoms with E-state index in [2.05, 4.69) is 21.1 Å². The first-order valence-corrected chi connectivity index (χ1v) is 13.1. The first kappa shape index (κ1) is 21.3. The first-order chi connectivity index (χ1) is 14.7. The molecule has 5 aliphatic heterocycles. The van der Waals surface area contributed by atoms with E-state index >= 15 is 0 Å². The monoisotopic (exact) mass is 457 g/mol. The lowest BCUT2D eigenvalue weighted by Gasteiger charge is -2.46. The highest BCUT2D eigenvalue weighted by Crippen LogP contribution is 2.41. The fourth-order valence-electron chi connectivity index (χ4n) is 4.98. The molecular formula is C19H31N5O4S2. The molecule has 9 nitrogen and oxygen atoms in total. The zero-order valence-corrected chi connectivity index (χ0v) is 18.7. The van der Waals surface area contributed by atoms with Crippen LogP contribution in [-0.2, 0) is 19.1 Å². The number of nitrogens with zero attached hydrogens (tertiary/aromatic N) is 2. The molecule has 6 unspecified atom stereocenters. The van der Waals surface area contributed by atoms with Crippen LogP contribution in [-0.4, -0.2) is 94.7 Å². The third kappa shape index (κ3) is 4.35. The van der Waals surface area contributed by atoms with Crippen LogP contribution < -0.4 is 16.2 Å². The van der Waals surface area contributed by atoms with Crippen molar-refractivity contribution in [3.05, 3.63) is 0 Å². The summed E-state index contributed by atoms with van der Waals surface area (Å²) in [5.74, 6) is 1.62. The fraction of sp³-hybridized carbons (Fsp3) is 0.895. The number of amides is 2. The van der Waals surface area contributed by atoms with Gasteiger partial charge < -0.3 is 19.7 Å². The molecule has 0 aromatic rings. The van der Waals surface area contributed by atoms with Gasteiger partial charge in [-0.05, 0) is 37.9 Å². The van der Waals surface area contributed by atoms with Crippen LogP contribution in [0.5, 0.6) is 0 Å². The Morgan fingerprint density at radius 3 is 2.73 bits per heavy atom. The molecule has 5 saturated heterocycles. The van der Waals surface area contributed by atoms with Gasteiger partial charge in [0.25, 0.3) is 0 Å². The molecule has 30 heavy (non-hydrogen) atoms. The van der Waals surface area contributed by atoms with Gasteiger partial charge in [-0.1, -0.05) is 0 Å². The van der Waals surface area contributed by atoms with Gasteiger partial charge in [-0.2, -0.15) is 0 Å². The summed E-state index contributed by atoms with van der Waals surface area (Å²) in [5.41, 5.74) is 6.60. The normalized spacial score (nSPS) is 38.8. The molecule has 0 bridgehead atoms. The minimum absolute atomic E-state index is 0.0270. The first-order valence-electron chi connectivity index (χ1n) is 11.0. The van der Waals surface area contributed by atoms with Gasteiger partial charge in [0, 0.05) is 32.3 Å². The Balaban J connectivity index is 1.20. The summed E-state index contributed by atoms with van der Waals surface area (Å²) < 4.78 is 11.4. The van der Waals surface area contributed by atoms with Crippen molar-refractivity contribution in [2.75, 3.05) is 37.8 Å². The highest BCUT2D eigenvalue weighted by Gasteiger charge is 2.54. The van der Waals surface area contributed by atoms with Gasteiger partial charge in [0.15, 0.2) is 6.29 Å². The highest BCUT2D eigenvalue weighted by atomic mass is 32.2. The van der Waals surface area contributed by atoms with Crippen molar-refractivity contribution in [2.24, 2.45) is 0 Å². The molecule has 0 aliphatic carbocycles. The number of thioether (sulfide) groups is 2. The number of rotatable bonds is 7. The zero-order valence-electron chi connectivity index (χ0n) is 17.1. The van der Waals surface area contributed by atoms with Crippen LogP contribution in [0.3, 0.4) is 0 Å². The van der Waals surface area contributed by atoms with Gasteiger partial charge in [-0.25, -0.2) is 15.8 Å². The van der Waals surface area contributed by atoms with E-state index in [1.54, 1.807) is 23.5 Å². The second-order valence-electron chi connectivity index (χ2n) is 8.49. The molecule has 3 N–H and O–H groups in total. The summed E-state index contributed by atoms with van der Waals surface area (Å²) in [4.78, 5) is 29.9. The molecule has 0 aromatic carbocycles. The summed E-state index contributed by atoms with van der Waals surface area (Å²) in [6.45, 7) is 2.79. The number of hydrazine groups is 1. The minimum Gasteiger partial charge on any atom is -0.376 e. The van der Waals surface area contributed by atoms with Crippen molar-refractivity contribution in [3.63, 3.8) is 0 Å². The maximum absolute atomic E-state index is 13.2. The van der Waals surface area contributed by atoms with Crippen molar-refractivity contribution in [1.29, 1.82) is 0 Å². The molecule has 0 aromatic heterocycles. The Labute approximate surface area is 185 Å². The Hall–Kier alpha value is -0.560. The van der Waals surface area contributed by atoms with Crippen LogP contribution in [0.2, 0.25) is 0 Å². The number of hydrogen-bond acceptors (Lipinski definition) is 9. The van der Waals surface area contributed by atoms with Gasteiger partial charge in [-0.3, -0.25) is 9.59 Å². The van der Waals surface area contributed by atoms with Crippen LogP contribution in [0.15, 0.2) is 0 Å². The molecule has 5 aliphatic rings. The van der Waals surface area contributed by atoms with E-state index in [-0.39, 0.29) is 47.1 Å². The molecule has 6 atom stereocenters. The van der Waals surface area contributed by atoms with Crippen LogP contribution in [0.25, 0.3) is 0 Å². The Kier molecular flexibility index (Phi) is 6.75. The molecule has 0 radical (unpaired) electrons. The van der Waals surface area contributed by atoms with Crippen molar-refractivity contribution in [3.8, 4) is 0 Å². The van der Waals surface area contributed by atoms with Gasteiger partial charge in [0.1, 0.15) is 5.50 Å². The van der Waals surface area contributed by atoms with Gasteiger partial charge in [-0.15, -0.1) is 23.5 Å². The van der Waals surface area contributed by atoms with Gasteiger partial charge >= 0.3 is 0 Å². The van der Waals surface area contributed by atoms with Crippen LogP contribution in [0, 0.1) is 0 Å². The second-order valence-corrected chi connectivity index (χ2v) is 10.8. The van der Waals surface area contributed by atoms with E-state index in [1.165, 1.54) is 0 Å². The third-order valence-corrected chi connectivity index (χ3v) is 8.95. The summed E-state index contributed by atoms with van der Waals surface area (Å²) in [6, 6.07) is 0.197. The molecule has 0 spiro atoms. The Bertz CT molecular complexity index is 646. The number of hydrogen-bond donors (Lipinski definition) is 3. The number of fused-ring (bicyclic) bond motifs is 3. The lowest BCUT2D eigenvalue weighted by atomic mass is 10.0. The predicted octanol–water partition coefficient (Wildman–Crippen LogP) is -0.113. The van der Waals surface area contributed by atoms with E-state index in [1.807, 2.05) is 4.90 Å². The van der Waals surface area contributed by atoms with E-state index < -0.39 is 0 Å². The SMILES string of the molecule is O=C(CSC1NNC2N(CC3CCCO3)C(=O)C3SCCC3N12)NCC1CCCO1. The van der Waals surface area contributed by atoms with Crippen LogP contribution >= 0.6 is 23.5 Å². The van der Waals surface area contributed by atoms with E-state index in [9.17, 15) is 9.59 Å². The van der Waals surface area contributed by atoms with Crippen LogP contribution in [0.4, 0.5) is 0 Å². The van der Waals surface area contributed by atoms with Crippen molar-refractivity contribution in [1.82, 2.24) is 26.0 Å². The number of ether oxygens (including phenoxy) is 2. The molecular weight excluding hydrogens is 426 g/mol.